The zero-order valence-electron chi connectivity index (χ0n) is 14.6. The predicted octanol–water partition coefficient (Wildman–Crippen LogP) is 5.26. The highest BCUT2D eigenvalue weighted by atomic mass is 35.5. The van der Waals surface area contributed by atoms with Crippen LogP contribution in [0.25, 0.3) is 5.69 Å². The van der Waals surface area contributed by atoms with Crippen LogP contribution in [-0.4, -0.2) is 28.3 Å². The van der Waals surface area contributed by atoms with Crippen molar-refractivity contribution in [2.24, 2.45) is 0 Å². The van der Waals surface area contributed by atoms with Gasteiger partial charge in [-0.2, -0.15) is 5.10 Å². The van der Waals surface area contributed by atoms with E-state index in [9.17, 15) is 9.59 Å². The number of hydrogen-bond donors (Lipinski definition) is 1. The van der Waals surface area contributed by atoms with Crippen LogP contribution in [0.1, 0.15) is 27.6 Å². The first-order valence-electron chi connectivity index (χ1n) is 8.19. The summed E-state index contributed by atoms with van der Waals surface area (Å²) >= 11 is 18.3. The summed E-state index contributed by atoms with van der Waals surface area (Å²) in [5.41, 5.74) is 0.719. The number of anilines is 1. The molecule has 0 radical (unpaired) electrons. The maximum Gasteiger partial charge on any atom is 0.343 e. The largest absolute Gasteiger partial charge is 0.462 e. The first-order chi connectivity index (χ1) is 13.4. The van der Waals surface area contributed by atoms with Crippen molar-refractivity contribution in [1.29, 1.82) is 0 Å². The fourth-order valence-electron chi connectivity index (χ4n) is 2.50. The van der Waals surface area contributed by atoms with Gasteiger partial charge in [-0.3, -0.25) is 4.79 Å². The lowest BCUT2D eigenvalue weighted by molar-refractivity contribution is 0.0527. The van der Waals surface area contributed by atoms with Gasteiger partial charge in [0.1, 0.15) is 5.56 Å². The number of nitrogens with zero attached hydrogens (tertiary/aromatic N) is 2. The van der Waals surface area contributed by atoms with Gasteiger partial charge in [-0.1, -0.05) is 53.0 Å². The van der Waals surface area contributed by atoms with Crippen molar-refractivity contribution < 1.29 is 14.3 Å². The van der Waals surface area contributed by atoms with E-state index >= 15 is 0 Å². The molecule has 0 atom stereocenters. The third-order valence-electron chi connectivity index (χ3n) is 3.77. The molecule has 0 aliphatic rings. The van der Waals surface area contributed by atoms with Gasteiger partial charge in [0.05, 0.1) is 39.1 Å². The first kappa shape index (κ1) is 20.2. The van der Waals surface area contributed by atoms with Crippen molar-refractivity contribution in [1.82, 2.24) is 9.78 Å². The van der Waals surface area contributed by atoms with Crippen LogP contribution in [0.4, 0.5) is 5.82 Å². The fourth-order valence-corrected chi connectivity index (χ4v) is 3.20. The number of halogens is 3. The van der Waals surface area contributed by atoms with Gasteiger partial charge in [0.2, 0.25) is 0 Å². The van der Waals surface area contributed by atoms with E-state index in [1.807, 2.05) is 6.07 Å². The maximum atomic E-state index is 12.9. The van der Waals surface area contributed by atoms with Crippen molar-refractivity contribution in [3.8, 4) is 5.69 Å². The highest BCUT2D eigenvalue weighted by molar-refractivity contribution is 6.46. The number of carbonyl (C=O) groups is 2. The molecule has 0 spiro atoms. The zero-order valence-corrected chi connectivity index (χ0v) is 16.8. The molecule has 0 unspecified atom stereocenters. The van der Waals surface area contributed by atoms with Crippen molar-refractivity contribution in [2.75, 3.05) is 11.9 Å². The Labute approximate surface area is 176 Å². The third-order valence-corrected chi connectivity index (χ3v) is 4.89. The summed E-state index contributed by atoms with van der Waals surface area (Å²) in [7, 11) is 0. The number of carbonyl (C=O) groups excluding carboxylic acids is 2. The summed E-state index contributed by atoms with van der Waals surface area (Å²) in [5.74, 6) is -1.13. The molecule has 2 aromatic carbocycles. The second-order valence-corrected chi connectivity index (χ2v) is 6.74. The Morgan fingerprint density at radius 3 is 2.43 bits per heavy atom. The summed E-state index contributed by atoms with van der Waals surface area (Å²) in [4.78, 5) is 25.2. The molecule has 1 N–H and O–H groups in total. The van der Waals surface area contributed by atoms with E-state index in [-0.39, 0.29) is 38.6 Å². The molecule has 0 saturated carbocycles. The Morgan fingerprint density at radius 2 is 1.75 bits per heavy atom. The minimum atomic E-state index is -0.638. The molecule has 0 fully saturated rings. The van der Waals surface area contributed by atoms with Gasteiger partial charge in [0.15, 0.2) is 5.82 Å². The van der Waals surface area contributed by atoms with Crippen LogP contribution >= 0.6 is 34.8 Å². The van der Waals surface area contributed by atoms with Gasteiger partial charge in [0, 0.05) is 0 Å². The fraction of sp³-hybridized carbons (Fsp3) is 0.105. The zero-order chi connectivity index (χ0) is 20.3. The molecule has 0 aliphatic heterocycles. The Balaban J connectivity index is 2.07. The number of para-hydroxylation sites is 1. The Kier molecular flexibility index (Phi) is 6.24. The number of esters is 1. The number of benzene rings is 2. The summed E-state index contributed by atoms with van der Waals surface area (Å²) in [5, 5.41) is 7.17. The van der Waals surface area contributed by atoms with Crippen LogP contribution in [0.5, 0.6) is 0 Å². The van der Waals surface area contributed by atoms with Crippen molar-refractivity contribution in [3.05, 3.63) is 74.9 Å². The Bertz CT molecular complexity index is 1040. The van der Waals surface area contributed by atoms with Crippen LogP contribution in [0.2, 0.25) is 15.1 Å². The smallest absolute Gasteiger partial charge is 0.343 e. The number of nitrogens with one attached hydrogen (secondary N) is 1. The SMILES string of the molecule is CCOC(=O)c1cnn(-c2ccccc2)c1NC(=O)c1c(Cl)ccc(Cl)c1Cl. The van der Waals surface area contributed by atoms with Crippen LogP contribution in [0.3, 0.4) is 0 Å². The lowest BCUT2D eigenvalue weighted by Crippen LogP contribution is -2.19. The molecule has 144 valence electrons. The molecule has 1 amide bonds. The van der Waals surface area contributed by atoms with Gasteiger partial charge >= 0.3 is 5.97 Å². The quantitative estimate of drug-likeness (QED) is 0.435. The topological polar surface area (TPSA) is 73.2 Å². The van der Waals surface area contributed by atoms with Crippen molar-refractivity contribution in [3.63, 3.8) is 0 Å². The second-order valence-electron chi connectivity index (χ2n) is 5.55. The summed E-state index contributed by atoms with van der Waals surface area (Å²) < 4.78 is 6.47. The van der Waals surface area contributed by atoms with Crippen LogP contribution in [0.15, 0.2) is 48.7 Å². The molecular weight excluding hydrogens is 425 g/mol. The highest BCUT2D eigenvalue weighted by Gasteiger charge is 2.24. The predicted molar refractivity (Wildman–Crippen MR) is 109 cm³/mol. The molecule has 1 heterocycles. The van der Waals surface area contributed by atoms with Crippen LogP contribution in [0, 0.1) is 0 Å². The number of amides is 1. The average Bonchev–Trinajstić information content (AvgIpc) is 3.09. The molecule has 0 saturated heterocycles. The monoisotopic (exact) mass is 437 g/mol. The van der Waals surface area contributed by atoms with E-state index in [2.05, 4.69) is 10.4 Å². The van der Waals surface area contributed by atoms with E-state index in [1.54, 1.807) is 31.2 Å². The summed E-state index contributed by atoms with van der Waals surface area (Å²) in [6, 6.07) is 11.9. The van der Waals surface area contributed by atoms with Gasteiger partial charge in [-0.15, -0.1) is 0 Å². The third kappa shape index (κ3) is 3.99. The molecule has 0 aliphatic carbocycles. The number of hydrogen-bond acceptors (Lipinski definition) is 4. The molecule has 3 rings (SSSR count). The minimum absolute atomic E-state index is 0.00791. The van der Waals surface area contributed by atoms with Gasteiger partial charge in [-0.05, 0) is 31.2 Å². The summed E-state index contributed by atoms with van der Waals surface area (Å²) in [6.07, 6.45) is 1.32. The number of ether oxygens (including phenoxy) is 1. The minimum Gasteiger partial charge on any atom is -0.462 e. The van der Waals surface area contributed by atoms with Gasteiger partial charge in [-0.25, -0.2) is 9.48 Å². The molecule has 3 aromatic rings. The molecule has 1 aromatic heterocycles. The lowest BCUT2D eigenvalue weighted by atomic mass is 10.2. The molecule has 6 nitrogen and oxygen atoms in total. The van der Waals surface area contributed by atoms with E-state index in [4.69, 9.17) is 39.5 Å². The van der Waals surface area contributed by atoms with E-state index < -0.39 is 11.9 Å². The summed E-state index contributed by atoms with van der Waals surface area (Å²) in [6.45, 7) is 1.86. The normalized spacial score (nSPS) is 10.6. The molecule has 9 heteroatoms. The second kappa shape index (κ2) is 8.65. The van der Waals surface area contributed by atoms with Crippen molar-refractivity contribution >= 4 is 52.5 Å². The number of rotatable bonds is 5. The molecule has 0 bridgehead atoms. The standard InChI is InChI=1S/C19H14Cl3N3O3/c1-2-28-19(27)12-10-23-25(11-6-4-3-5-7-11)17(12)24-18(26)15-13(20)8-9-14(21)16(15)22/h3-10H,2H2,1H3,(H,24,26). The Hall–Kier alpha value is -2.54. The first-order valence-corrected chi connectivity index (χ1v) is 9.32. The number of aromatic nitrogens is 2. The van der Waals surface area contributed by atoms with E-state index in [0.29, 0.717) is 5.69 Å². The lowest BCUT2D eigenvalue weighted by Gasteiger charge is -2.13. The molecular formula is C19H14Cl3N3O3. The average molecular weight is 439 g/mol. The Morgan fingerprint density at radius 1 is 1.07 bits per heavy atom. The van der Waals surface area contributed by atoms with Crippen molar-refractivity contribution in [2.45, 2.75) is 6.92 Å². The van der Waals surface area contributed by atoms with E-state index in [1.165, 1.54) is 23.0 Å². The maximum absolute atomic E-state index is 12.9. The van der Waals surface area contributed by atoms with Gasteiger partial charge in [0.25, 0.3) is 5.91 Å². The van der Waals surface area contributed by atoms with Crippen LogP contribution < -0.4 is 5.32 Å². The molecule has 28 heavy (non-hydrogen) atoms. The van der Waals surface area contributed by atoms with E-state index in [0.717, 1.165) is 0 Å². The van der Waals surface area contributed by atoms with Gasteiger partial charge < -0.3 is 10.1 Å². The highest BCUT2D eigenvalue weighted by Crippen LogP contribution is 2.32. The van der Waals surface area contributed by atoms with Crippen LogP contribution in [-0.2, 0) is 4.74 Å².